The molecule has 0 spiro atoms. The number of ketones is 1. The van der Waals surface area contributed by atoms with Gasteiger partial charge in [-0.1, -0.05) is 36.9 Å². The van der Waals surface area contributed by atoms with Gasteiger partial charge in [0.05, 0.1) is 21.5 Å². The van der Waals surface area contributed by atoms with Gasteiger partial charge in [0.25, 0.3) is 5.56 Å². The van der Waals surface area contributed by atoms with Crippen molar-refractivity contribution in [1.29, 1.82) is 0 Å². The zero-order valence-corrected chi connectivity index (χ0v) is 14.3. The summed E-state index contributed by atoms with van der Waals surface area (Å²) in [5.41, 5.74) is 0.638. The van der Waals surface area contributed by atoms with E-state index in [0.717, 1.165) is 11.3 Å². The molecule has 0 fully saturated rings. The lowest BCUT2D eigenvalue weighted by molar-refractivity contribution is 0.102. The van der Waals surface area contributed by atoms with E-state index in [1.165, 1.54) is 23.1 Å². The van der Waals surface area contributed by atoms with Gasteiger partial charge in [-0.15, -0.1) is 11.3 Å². The molecule has 0 saturated carbocycles. The first kappa shape index (κ1) is 16.0. The van der Waals surface area contributed by atoms with Crippen LogP contribution in [-0.4, -0.2) is 21.1 Å². The van der Waals surface area contributed by atoms with Crippen molar-refractivity contribution in [2.24, 2.45) is 0 Å². The quantitative estimate of drug-likeness (QED) is 0.387. The molecule has 0 unspecified atom stereocenters. The summed E-state index contributed by atoms with van der Waals surface area (Å²) in [7, 11) is 0. The Labute approximate surface area is 142 Å². The number of benzene rings is 1. The van der Waals surface area contributed by atoms with Gasteiger partial charge < -0.3 is 0 Å². The van der Waals surface area contributed by atoms with Crippen LogP contribution >= 0.6 is 23.1 Å². The first-order valence-corrected chi connectivity index (χ1v) is 9.26. The molecule has 4 nitrogen and oxygen atoms in total. The molecule has 1 aromatic carbocycles. The Morgan fingerprint density at radius 3 is 2.83 bits per heavy atom. The van der Waals surface area contributed by atoms with Gasteiger partial charge >= 0.3 is 0 Å². The van der Waals surface area contributed by atoms with Crippen LogP contribution in [-0.2, 0) is 6.54 Å². The lowest BCUT2D eigenvalue weighted by Crippen LogP contribution is -2.23. The summed E-state index contributed by atoms with van der Waals surface area (Å²) in [5, 5.41) is 3.12. The van der Waals surface area contributed by atoms with Crippen LogP contribution in [0.15, 0.2) is 51.7 Å². The molecule has 0 atom stereocenters. The summed E-state index contributed by atoms with van der Waals surface area (Å²) in [6.07, 6.45) is 0.840. The van der Waals surface area contributed by atoms with Crippen molar-refractivity contribution in [2.75, 3.05) is 5.75 Å². The average Bonchev–Trinajstić information content (AvgIpc) is 3.10. The van der Waals surface area contributed by atoms with Gasteiger partial charge in [-0.05, 0) is 30.0 Å². The van der Waals surface area contributed by atoms with Crippen LogP contribution in [0, 0.1) is 0 Å². The maximum absolute atomic E-state index is 12.6. The van der Waals surface area contributed by atoms with Crippen molar-refractivity contribution in [3.05, 3.63) is 57.0 Å². The van der Waals surface area contributed by atoms with Crippen LogP contribution in [0.1, 0.15) is 23.0 Å². The highest BCUT2D eigenvalue weighted by molar-refractivity contribution is 7.99. The number of fused-ring (bicyclic) bond motifs is 1. The summed E-state index contributed by atoms with van der Waals surface area (Å²) in [4.78, 5) is 30.1. The monoisotopic (exact) mass is 344 g/mol. The van der Waals surface area contributed by atoms with E-state index in [4.69, 9.17) is 0 Å². The molecule has 0 N–H and O–H groups in total. The SMILES string of the molecule is CCCn1c(SCC(=O)c2cccs2)nc2ccccc2c1=O. The van der Waals surface area contributed by atoms with Crippen LogP contribution in [0.3, 0.4) is 0 Å². The highest BCUT2D eigenvalue weighted by Gasteiger charge is 2.14. The summed E-state index contributed by atoms with van der Waals surface area (Å²) in [5.74, 6) is 0.352. The summed E-state index contributed by atoms with van der Waals surface area (Å²) in [6.45, 7) is 2.62. The summed E-state index contributed by atoms with van der Waals surface area (Å²) < 4.78 is 1.68. The number of thiophene rings is 1. The Balaban J connectivity index is 1.94. The highest BCUT2D eigenvalue weighted by Crippen LogP contribution is 2.20. The van der Waals surface area contributed by atoms with E-state index < -0.39 is 0 Å². The molecule has 3 aromatic rings. The summed E-state index contributed by atoms with van der Waals surface area (Å²) in [6, 6.07) is 11.0. The smallest absolute Gasteiger partial charge is 0.262 e. The van der Waals surface area contributed by atoms with Gasteiger partial charge in [0, 0.05) is 6.54 Å². The Morgan fingerprint density at radius 2 is 2.09 bits per heavy atom. The molecule has 6 heteroatoms. The number of aromatic nitrogens is 2. The number of carbonyl (C=O) groups excluding carboxylic acids is 1. The number of hydrogen-bond acceptors (Lipinski definition) is 5. The van der Waals surface area contributed by atoms with Crippen molar-refractivity contribution in [3.8, 4) is 0 Å². The molecule has 2 aromatic heterocycles. The first-order valence-electron chi connectivity index (χ1n) is 7.39. The van der Waals surface area contributed by atoms with Gasteiger partial charge in [0.1, 0.15) is 0 Å². The predicted octanol–water partition coefficient (Wildman–Crippen LogP) is 3.84. The lowest BCUT2D eigenvalue weighted by Gasteiger charge is -2.11. The summed E-state index contributed by atoms with van der Waals surface area (Å²) >= 11 is 2.77. The maximum atomic E-state index is 12.6. The van der Waals surface area contributed by atoms with Crippen molar-refractivity contribution < 1.29 is 4.79 Å². The van der Waals surface area contributed by atoms with E-state index in [2.05, 4.69) is 4.98 Å². The second-order valence-electron chi connectivity index (χ2n) is 5.06. The molecule has 3 rings (SSSR count). The van der Waals surface area contributed by atoms with Gasteiger partial charge in [-0.3, -0.25) is 14.2 Å². The third-order valence-electron chi connectivity index (χ3n) is 3.40. The van der Waals surface area contributed by atoms with Crippen molar-refractivity contribution in [2.45, 2.75) is 25.0 Å². The van der Waals surface area contributed by atoms with Crippen LogP contribution < -0.4 is 5.56 Å². The van der Waals surface area contributed by atoms with Gasteiger partial charge in [-0.2, -0.15) is 0 Å². The van der Waals surface area contributed by atoms with E-state index >= 15 is 0 Å². The van der Waals surface area contributed by atoms with Gasteiger partial charge in [-0.25, -0.2) is 4.98 Å². The second kappa shape index (κ2) is 7.10. The molecule has 2 heterocycles. The molecule has 0 radical (unpaired) electrons. The Kier molecular flexibility index (Phi) is 4.93. The van der Waals surface area contributed by atoms with Gasteiger partial charge in [0.15, 0.2) is 10.9 Å². The number of hydrogen-bond donors (Lipinski definition) is 0. The topological polar surface area (TPSA) is 52.0 Å². The minimum atomic E-state index is -0.0384. The standard InChI is InChI=1S/C17H16N2O2S2/c1-2-9-19-16(21)12-6-3-4-7-13(12)18-17(19)23-11-14(20)15-8-5-10-22-15/h3-8,10H,2,9,11H2,1H3. The Morgan fingerprint density at radius 1 is 1.26 bits per heavy atom. The molecular formula is C17H16N2O2S2. The number of Topliss-reactive ketones (excluding diaryl/α,β-unsaturated/α-hetero) is 1. The fraction of sp³-hybridized carbons (Fsp3) is 0.235. The molecule has 0 saturated heterocycles. The molecule has 0 aliphatic heterocycles. The van der Waals surface area contributed by atoms with Crippen molar-refractivity contribution >= 4 is 39.8 Å². The molecular weight excluding hydrogens is 328 g/mol. The Bertz CT molecular complexity index is 885. The molecule has 23 heavy (non-hydrogen) atoms. The predicted molar refractivity (Wildman–Crippen MR) is 95.7 cm³/mol. The average molecular weight is 344 g/mol. The van der Waals surface area contributed by atoms with Crippen molar-refractivity contribution in [3.63, 3.8) is 0 Å². The second-order valence-corrected chi connectivity index (χ2v) is 6.95. The molecule has 118 valence electrons. The number of nitrogens with zero attached hydrogens (tertiary/aromatic N) is 2. The third kappa shape index (κ3) is 3.38. The van der Waals surface area contributed by atoms with Crippen LogP contribution in [0.2, 0.25) is 0 Å². The number of thioether (sulfide) groups is 1. The fourth-order valence-corrected chi connectivity index (χ4v) is 3.98. The van der Waals surface area contributed by atoms with Crippen LogP contribution in [0.25, 0.3) is 10.9 Å². The van der Waals surface area contributed by atoms with Crippen LogP contribution in [0.4, 0.5) is 0 Å². The van der Waals surface area contributed by atoms with E-state index in [1.54, 1.807) is 10.6 Å². The first-order chi connectivity index (χ1) is 11.2. The number of para-hydroxylation sites is 1. The maximum Gasteiger partial charge on any atom is 0.262 e. The van der Waals surface area contributed by atoms with E-state index in [1.807, 2.05) is 42.6 Å². The van der Waals surface area contributed by atoms with E-state index in [-0.39, 0.29) is 17.1 Å². The van der Waals surface area contributed by atoms with Crippen molar-refractivity contribution in [1.82, 2.24) is 9.55 Å². The van der Waals surface area contributed by atoms with E-state index in [9.17, 15) is 9.59 Å². The molecule has 0 amide bonds. The number of rotatable bonds is 6. The highest BCUT2D eigenvalue weighted by atomic mass is 32.2. The third-order valence-corrected chi connectivity index (χ3v) is 5.29. The molecule has 0 aliphatic carbocycles. The Hall–Kier alpha value is -1.92. The normalized spacial score (nSPS) is 11.0. The van der Waals surface area contributed by atoms with Crippen LogP contribution in [0.5, 0.6) is 0 Å². The molecule has 0 aliphatic rings. The zero-order valence-electron chi connectivity index (χ0n) is 12.7. The zero-order chi connectivity index (χ0) is 16.2. The van der Waals surface area contributed by atoms with Gasteiger partial charge in [0.2, 0.25) is 0 Å². The largest absolute Gasteiger partial charge is 0.292 e. The minimum absolute atomic E-state index is 0.0384. The fourth-order valence-electron chi connectivity index (χ4n) is 2.32. The minimum Gasteiger partial charge on any atom is -0.292 e. The van der Waals surface area contributed by atoms with E-state index in [0.29, 0.717) is 22.6 Å². The molecule has 0 bridgehead atoms. The lowest BCUT2D eigenvalue weighted by atomic mass is 10.2. The number of carbonyl (C=O) groups is 1.